The van der Waals surface area contributed by atoms with Gasteiger partial charge in [0.25, 0.3) is 0 Å². The smallest absolute Gasteiger partial charge is 0.308 e. The molecule has 0 bridgehead atoms. The Labute approximate surface area is 103 Å². The van der Waals surface area contributed by atoms with Crippen LogP contribution in [0.15, 0.2) is 24.3 Å². The predicted octanol–water partition coefficient (Wildman–Crippen LogP) is 3.19. The number of unbranched alkanes of at least 4 members (excludes halogenated alkanes) is 2. The molecule has 0 aliphatic carbocycles. The highest BCUT2D eigenvalue weighted by atomic mass is 16.5. The van der Waals surface area contributed by atoms with Gasteiger partial charge in [0.15, 0.2) is 0 Å². The molecule has 0 fully saturated rings. The molecule has 0 amide bonds. The maximum atomic E-state index is 10.8. The number of rotatable bonds is 6. The maximum absolute atomic E-state index is 10.8. The minimum absolute atomic E-state index is 0.0768. The molecule has 1 aromatic rings. The van der Waals surface area contributed by atoms with E-state index in [1.165, 1.54) is 19.8 Å². The fraction of sp³-hybridized carbons (Fsp3) is 0.500. The second-order valence-corrected chi connectivity index (χ2v) is 4.26. The fourth-order valence-corrected chi connectivity index (χ4v) is 1.73. The number of nitrogens with two attached hydrogens (primary N) is 1. The summed E-state index contributed by atoms with van der Waals surface area (Å²) in [6.45, 7) is 3.57. The zero-order valence-electron chi connectivity index (χ0n) is 10.6. The zero-order valence-corrected chi connectivity index (χ0v) is 10.6. The average Bonchev–Trinajstić information content (AvgIpc) is 2.29. The van der Waals surface area contributed by atoms with Crippen LogP contribution in [0.2, 0.25) is 0 Å². The van der Waals surface area contributed by atoms with E-state index >= 15 is 0 Å². The van der Waals surface area contributed by atoms with Gasteiger partial charge in [0.05, 0.1) is 0 Å². The Morgan fingerprint density at radius 2 is 1.94 bits per heavy atom. The molecule has 1 aromatic carbocycles. The SMILES string of the molecule is CCCCC[C@H](N)c1ccc(OC(C)=O)cc1. The first-order chi connectivity index (χ1) is 8.13. The van der Waals surface area contributed by atoms with Crippen LogP contribution in [0.1, 0.15) is 51.1 Å². The lowest BCUT2D eigenvalue weighted by atomic mass is 10.0. The lowest BCUT2D eigenvalue weighted by Crippen LogP contribution is -2.10. The normalized spacial score (nSPS) is 12.2. The second-order valence-electron chi connectivity index (χ2n) is 4.26. The van der Waals surface area contributed by atoms with Crippen molar-refractivity contribution in [3.8, 4) is 5.75 Å². The van der Waals surface area contributed by atoms with Crippen molar-refractivity contribution in [1.82, 2.24) is 0 Å². The monoisotopic (exact) mass is 235 g/mol. The summed E-state index contributed by atoms with van der Waals surface area (Å²) >= 11 is 0. The molecule has 0 aliphatic rings. The van der Waals surface area contributed by atoms with Gasteiger partial charge in [-0.2, -0.15) is 0 Å². The average molecular weight is 235 g/mol. The van der Waals surface area contributed by atoms with E-state index in [9.17, 15) is 4.79 Å². The van der Waals surface area contributed by atoms with Crippen LogP contribution in [0, 0.1) is 0 Å². The summed E-state index contributed by atoms with van der Waals surface area (Å²) in [7, 11) is 0. The van der Waals surface area contributed by atoms with Crippen molar-refractivity contribution in [3.05, 3.63) is 29.8 Å². The van der Waals surface area contributed by atoms with Gasteiger partial charge in [-0.05, 0) is 24.1 Å². The van der Waals surface area contributed by atoms with Crippen molar-refractivity contribution in [3.63, 3.8) is 0 Å². The van der Waals surface area contributed by atoms with Crippen LogP contribution < -0.4 is 10.5 Å². The quantitative estimate of drug-likeness (QED) is 0.468. The minimum Gasteiger partial charge on any atom is -0.427 e. The summed E-state index contributed by atoms with van der Waals surface area (Å²) in [5, 5.41) is 0. The van der Waals surface area contributed by atoms with Crippen LogP contribution in [0.25, 0.3) is 0 Å². The van der Waals surface area contributed by atoms with Crippen molar-refractivity contribution in [2.45, 2.75) is 45.6 Å². The first-order valence-corrected chi connectivity index (χ1v) is 6.17. The molecule has 1 rings (SSSR count). The molecule has 1 atom stereocenters. The molecule has 0 saturated heterocycles. The van der Waals surface area contributed by atoms with Gasteiger partial charge in [0.1, 0.15) is 5.75 Å². The maximum Gasteiger partial charge on any atom is 0.308 e. The number of esters is 1. The molecular formula is C14H21NO2. The Morgan fingerprint density at radius 3 is 2.47 bits per heavy atom. The van der Waals surface area contributed by atoms with Gasteiger partial charge < -0.3 is 10.5 Å². The lowest BCUT2D eigenvalue weighted by molar-refractivity contribution is -0.131. The number of carbonyl (C=O) groups is 1. The lowest BCUT2D eigenvalue weighted by Gasteiger charge is -2.12. The van der Waals surface area contributed by atoms with E-state index in [-0.39, 0.29) is 12.0 Å². The third kappa shape index (κ3) is 5.00. The molecule has 0 aliphatic heterocycles. The van der Waals surface area contributed by atoms with Crippen LogP contribution in [-0.2, 0) is 4.79 Å². The van der Waals surface area contributed by atoms with E-state index < -0.39 is 0 Å². The number of ether oxygens (including phenoxy) is 1. The van der Waals surface area contributed by atoms with Crippen molar-refractivity contribution < 1.29 is 9.53 Å². The van der Waals surface area contributed by atoms with Crippen LogP contribution in [-0.4, -0.2) is 5.97 Å². The first kappa shape index (κ1) is 13.7. The Balaban J connectivity index is 2.51. The molecule has 3 heteroatoms. The Bertz CT molecular complexity index is 346. The number of hydrogen-bond acceptors (Lipinski definition) is 3. The van der Waals surface area contributed by atoms with Gasteiger partial charge in [-0.1, -0.05) is 38.3 Å². The number of benzene rings is 1. The topological polar surface area (TPSA) is 52.3 Å². The van der Waals surface area contributed by atoms with E-state index in [1.807, 2.05) is 12.1 Å². The first-order valence-electron chi connectivity index (χ1n) is 6.17. The molecule has 94 valence electrons. The predicted molar refractivity (Wildman–Crippen MR) is 68.8 cm³/mol. The molecule has 0 unspecified atom stereocenters. The molecule has 0 spiro atoms. The van der Waals surface area contributed by atoms with E-state index in [0.29, 0.717) is 5.75 Å². The third-order valence-electron chi connectivity index (χ3n) is 2.69. The van der Waals surface area contributed by atoms with Gasteiger partial charge >= 0.3 is 5.97 Å². The van der Waals surface area contributed by atoms with Gasteiger partial charge in [-0.3, -0.25) is 4.79 Å². The summed E-state index contributed by atoms with van der Waals surface area (Å²) in [6, 6.07) is 7.50. The van der Waals surface area contributed by atoms with Gasteiger partial charge in [0.2, 0.25) is 0 Å². The van der Waals surface area contributed by atoms with E-state index in [2.05, 4.69) is 6.92 Å². The van der Waals surface area contributed by atoms with Gasteiger partial charge in [0, 0.05) is 13.0 Å². The van der Waals surface area contributed by atoms with E-state index in [4.69, 9.17) is 10.5 Å². The fourth-order valence-electron chi connectivity index (χ4n) is 1.73. The summed E-state index contributed by atoms with van der Waals surface area (Å²) in [6.07, 6.45) is 4.58. The highest BCUT2D eigenvalue weighted by Crippen LogP contribution is 2.20. The van der Waals surface area contributed by atoms with E-state index in [1.54, 1.807) is 12.1 Å². The van der Waals surface area contributed by atoms with Gasteiger partial charge in [-0.15, -0.1) is 0 Å². The van der Waals surface area contributed by atoms with Crippen molar-refractivity contribution in [2.75, 3.05) is 0 Å². The highest BCUT2D eigenvalue weighted by Gasteiger charge is 2.06. The van der Waals surface area contributed by atoms with Crippen LogP contribution in [0.3, 0.4) is 0 Å². The number of hydrogen-bond donors (Lipinski definition) is 1. The molecule has 2 N–H and O–H groups in total. The molecule has 0 heterocycles. The van der Waals surface area contributed by atoms with Gasteiger partial charge in [-0.25, -0.2) is 0 Å². The summed E-state index contributed by atoms with van der Waals surface area (Å²) in [4.78, 5) is 10.8. The summed E-state index contributed by atoms with van der Waals surface area (Å²) < 4.78 is 4.97. The molecule has 0 aromatic heterocycles. The molecule has 3 nitrogen and oxygen atoms in total. The molecule has 0 saturated carbocycles. The Morgan fingerprint density at radius 1 is 1.29 bits per heavy atom. The van der Waals surface area contributed by atoms with Crippen molar-refractivity contribution >= 4 is 5.97 Å². The third-order valence-corrected chi connectivity index (χ3v) is 2.69. The summed E-state index contributed by atoms with van der Waals surface area (Å²) in [5.41, 5.74) is 7.17. The van der Waals surface area contributed by atoms with Crippen molar-refractivity contribution in [1.29, 1.82) is 0 Å². The van der Waals surface area contributed by atoms with Crippen molar-refractivity contribution in [2.24, 2.45) is 5.73 Å². The van der Waals surface area contributed by atoms with E-state index in [0.717, 1.165) is 18.4 Å². The minimum atomic E-state index is -0.301. The highest BCUT2D eigenvalue weighted by molar-refractivity contribution is 5.69. The molecule has 17 heavy (non-hydrogen) atoms. The Hall–Kier alpha value is -1.35. The zero-order chi connectivity index (χ0) is 12.7. The second kappa shape index (κ2) is 7.07. The van der Waals surface area contributed by atoms with Crippen LogP contribution in [0.5, 0.6) is 5.75 Å². The van der Waals surface area contributed by atoms with Crippen LogP contribution >= 0.6 is 0 Å². The summed E-state index contributed by atoms with van der Waals surface area (Å²) in [5.74, 6) is 0.270. The Kier molecular flexibility index (Phi) is 5.70. The number of carbonyl (C=O) groups excluding carboxylic acids is 1. The largest absolute Gasteiger partial charge is 0.427 e. The molecular weight excluding hydrogens is 214 g/mol. The standard InChI is InChI=1S/C14H21NO2/c1-3-4-5-6-14(15)12-7-9-13(10-8-12)17-11(2)16/h7-10,14H,3-6,15H2,1-2H3/t14-/m0/s1. The van der Waals surface area contributed by atoms with Crippen LogP contribution in [0.4, 0.5) is 0 Å². The molecule has 0 radical (unpaired) electrons.